The highest BCUT2D eigenvalue weighted by atomic mass is 16.2. The van der Waals surface area contributed by atoms with Crippen LogP contribution in [0.4, 0.5) is 0 Å². The van der Waals surface area contributed by atoms with E-state index in [2.05, 4.69) is 17.0 Å². The van der Waals surface area contributed by atoms with Crippen molar-refractivity contribution in [3.05, 3.63) is 71.8 Å². The minimum absolute atomic E-state index is 0.0601. The molecule has 2 fully saturated rings. The van der Waals surface area contributed by atoms with E-state index in [1.807, 2.05) is 48.5 Å². The van der Waals surface area contributed by atoms with Crippen LogP contribution in [0, 0.1) is 0 Å². The van der Waals surface area contributed by atoms with Crippen molar-refractivity contribution in [1.29, 1.82) is 0 Å². The number of hydrogen-bond acceptors (Lipinski definition) is 3. The van der Waals surface area contributed by atoms with Gasteiger partial charge in [-0.1, -0.05) is 60.7 Å². The van der Waals surface area contributed by atoms with E-state index in [-0.39, 0.29) is 24.4 Å². The number of piperazine rings is 2. The number of carbonyl (C=O) groups is 2. The fraction of sp³-hybridized carbons (Fsp3) is 0.333. The Bertz CT molecular complexity index is 778. The smallest absolute Gasteiger partial charge is 0.247 e. The minimum Gasteiger partial charge on any atom is -0.327 e. The molecule has 0 saturated carbocycles. The maximum atomic E-state index is 13.0. The number of benzene rings is 2. The molecular formula is C21H23N3O2. The average molecular weight is 349 g/mol. The van der Waals surface area contributed by atoms with Crippen LogP contribution in [0.1, 0.15) is 11.1 Å². The Labute approximate surface area is 153 Å². The molecule has 2 heterocycles. The van der Waals surface area contributed by atoms with Gasteiger partial charge in [-0.05, 0) is 11.1 Å². The number of rotatable bonds is 4. The average Bonchev–Trinajstić information content (AvgIpc) is 2.67. The standard InChI is InChI=1S/C21H23N3O2/c25-20-16-23(14-18-9-5-2-6-10-18)21(26)19-15-22(11-12-24(19)20)13-17-7-3-1-4-8-17/h1-10,19H,11-16H2. The van der Waals surface area contributed by atoms with Crippen LogP contribution >= 0.6 is 0 Å². The summed E-state index contributed by atoms with van der Waals surface area (Å²) in [6.07, 6.45) is 0. The van der Waals surface area contributed by atoms with Gasteiger partial charge in [0.05, 0.1) is 0 Å². The van der Waals surface area contributed by atoms with Gasteiger partial charge in [-0.15, -0.1) is 0 Å². The molecule has 1 unspecified atom stereocenters. The molecule has 0 N–H and O–H groups in total. The molecule has 0 bridgehead atoms. The van der Waals surface area contributed by atoms with Crippen LogP contribution in [0.25, 0.3) is 0 Å². The quantitative estimate of drug-likeness (QED) is 0.845. The first-order valence-electron chi connectivity index (χ1n) is 9.09. The van der Waals surface area contributed by atoms with E-state index in [0.29, 0.717) is 19.6 Å². The second-order valence-corrected chi connectivity index (χ2v) is 7.00. The molecule has 134 valence electrons. The molecule has 0 radical (unpaired) electrons. The molecule has 5 heteroatoms. The van der Waals surface area contributed by atoms with Crippen LogP contribution in [0.3, 0.4) is 0 Å². The zero-order valence-corrected chi connectivity index (χ0v) is 14.8. The van der Waals surface area contributed by atoms with Gasteiger partial charge in [0, 0.05) is 32.7 Å². The molecule has 0 aliphatic carbocycles. The molecule has 2 aliphatic rings. The lowest BCUT2D eigenvalue weighted by atomic mass is 10.0. The predicted octanol–water partition coefficient (Wildman–Crippen LogP) is 1.74. The fourth-order valence-corrected chi connectivity index (χ4v) is 3.81. The number of nitrogens with zero attached hydrogens (tertiary/aromatic N) is 3. The third-order valence-corrected chi connectivity index (χ3v) is 5.17. The topological polar surface area (TPSA) is 43.9 Å². The molecule has 0 spiro atoms. The SMILES string of the molecule is O=C1C2CN(Cc3ccccc3)CCN2C(=O)CN1Cc1ccccc1. The number of carbonyl (C=O) groups excluding carboxylic acids is 2. The van der Waals surface area contributed by atoms with E-state index in [0.717, 1.165) is 18.7 Å². The maximum absolute atomic E-state index is 13.0. The summed E-state index contributed by atoms with van der Waals surface area (Å²) in [7, 11) is 0. The van der Waals surface area contributed by atoms with Crippen LogP contribution in [-0.2, 0) is 22.7 Å². The van der Waals surface area contributed by atoms with Crippen molar-refractivity contribution in [1.82, 2.24) is 14.7 Å². The minimum atomic E-state index is -0.363. The Morgan fingerprint density at radius 2 is 1.42 bits per heavy atom. The third kappa shape index (κ3) is 3.48. The van der Waals surface area contributed by atoms with Gasteiger partial charge in [-0.3, -0.25) is 14.5 Å². The highest BCUT2D eigenvalue weighted by Crippen LogP contribution is 2.21. The van der Waals surface area contributed by atoms with Gasteiger partial charge < -0.3 is 9.80 Å². The molecule has 0 aromatic heterocycles. The van der Waals surface area contributed by atoms with Gasteiger partial charge in [0.15, 0.2) is 0 Å². The summed E-state index contributed by atoms with van der Waals surface area (Å²) >= 11 is 0. The molecule has 2 aliphatic heterocycles. The highest BCUT2D eigenvalue weighted by molar-refractivity contribution is 5.95. The Balaban J connectivity index is 1.46. The summed E-state index contributed by atoms with van der Waals surface area (Å²) in [6.45, 7) is 3.53. The first-order chi connectivity index (χ1) is 12.7. The molecule has 2 aromatic rings. The first kappa shape index (κ1) is 16.8. The molecule has 1 atom stereocenters. The van der Waals surface area contributed by atoms with Crippen molar-refractivity contribution >= 4 is 11.8 Å². The van der Waals surface area contributed by atoms with Crippen LogP contribution in [0.15, 0.2) is 60.7 Å². The van der Waals surface area contributed by atoms with Gasteiger partial charge in [0.25, 0.3) is 0 Å². The molecule has 2 saturated heterocycles. The van der Waals surface area contributed by atoms with Crippen molar-refractivity contribution in [3.8, 4) is 0 Å². The van der Waals surface area contributed by atoms with Gasteiger partial charge in [0.2, 0.25) is 11.8 Å². The van der Waals surface area contributed by atoms with Crippen LogP contribution < -0.4 is 0 Å². The third-order valence-electron chi connectivity index (χ3n) is 5.17. The molecule has 26 heavy (non-hydrogen) atoms. The predicted molar refractivity (Wildman–Crippen MR) is 99.1 cm³/mol. The summed E-state index contributed by atoms with van der Waals surface area (Å²) in [6, 6.07) is 19.8. The monoisotopic (exact) mass is 349 g/mol. The lowest BCUT2D eigenvalue weighted by Gasteiger charge is -2.46. The fourth-order valence-electron chi connectivity index (χ4n) is 3.81. The molecule has 5 nitrogen and oxygen atoms in total. The second kappa shape index (κ2) is 7.30. The van der Waals surface area contributed by atoms with Crippen molar-refractivity contribution < 1.29 is 9.59 Å². The molecule has 2 aromatic carbocycles. The van der Waals surface area contributed by atoms with E-state index in [1.165, 1.54) is 5.56 Å². The van der Waals surface area contributed by atoms with E-state index < -0.39 is 0 Å². The lowest BCUT2D eigenvalue weighted by molar-refractivity contribution is -0.160. The Kier molecular flexibility index (Phi) is 4.71. The van der Waals surface area contributed by atoms with Crippen molar-refractivity contribution in [2.45, 2.75) is 19.1 Å². The second-order valence-electron chi connectivity index (χ2n) is 7.00. The Morgan fingerprint density at radius 1 is 0.808 bits per heavy atom. The van der Waals surface area contributed by atoms with Gasteiger partial charge in [-0.25, -0.2) is 0 Å². The largest absolute Gasteiger partial charge is 0.327 e. The van der Waals surface area contributed by atoms with E-state index >= 15 is 0 Å². The van der Waals surface area contributed by atoms with Crippen molar-refractivity contribution in [3.63, 3.8) is 0 Å². The van der Waals surface area contributed by atoms with Crippen LogP contribution in [0.5, 0.6) is 0 Å². The van der Waals surface area contributed by atoms with Gasteiger partial charge >= 0.3 is 0 Å². The Morgan fingerprint density at radius 3 is 2.08 bits per heavy atom. The number of fused-ring (bicyclic) bond motifs is 1. The first-order valence-corrected chi connectivity index (χ1v) is 9.09. The summed E-state index contributed by atoms with van der Waals surface area (Å²) in [4.78, 5) is 31.3. The zero-order valence-electron chi connectivity index (χ0n) is 14.8. The lowest BCUT2D eigenvalue weighted by Crippen LogP contribution is -2.66. The van der Waals surface area contributed by atoms with Crippen molar-refractivity contribution in [2.75, 3.05) is 26.2 Å². The number of amides is 2. The zero-order chi connectivity index (χ0) is 17.9. The number of hydrogen-bond donors (Lipinski definition) is 0. The summed E-state index contributed by atoms with van der Waals surface area (Å²) in [5.74, 6) is 0.121. The molecule has 2 amide bonds. The molecule has 4 rings (SSSR count). The Hall–Kier alpha value is -2.66. The van der Waals surface area contributed by atoms with Gasteiger partial charge in [-0.2, -0.15) is 0 Å². The highest BCUT2D eigenvalue weighted by Gasteiger charge is 2.42. The van der Waals surface area contributed by atoms with Crippen LogP contribution in [-0.4, -0.2) is 58.7 Å². The van der Waals surface area contributed by atoms with E-state index in [4.69, 9.17) is 0 Å². The summed E-state index contributed by atoms with van der Waals surface area (Å²) in [5, 5.41) is 0. The van der Waals surface area contributed by atoms with E-state index in [1.54, 1.807) is 9.80 Å². The summed E-state index contributed by atoms with van der Waals surface area (Å²) < 4.78 is 0. The van der Waals surface area contributed by atoms with E-state index in [9.17, 15) is 9.59 Å². The van der Waals surface area contributed by atoms with Gasteiger partial charge in [0.1, 0.15) is 12.6 Å². The van der Waals surface area contributed by atoms with Crippen molar-refractivity contribution in [2.24, 2.45) is 0 Å². The maximum Gasteiger partial charge on any atom is 0.247 e. The normalized spacial score (nSPS) is 21.0. The molecular weight excluding hydrogens is 326 g/mol. The summed E-state index contributed by atoms with van der Waals surface area (Å²) in [5.41, 5.74) is 2.29. The van der Waals surface area contributed by atoms with Crippen LogP contribution in [0.2, 0.25) is 0 Å².